The summed E-state index contributed by atoms with van der Waals surface area (Å²) in [6.45, 7) is 9.06. The molecule has 0 aliphatic carbocycles. The van der Waals surface area contributed by atoms with Crippen molar-refractivity contribution in [3.8, 4) is 0 Å². The van der Waals surface area contributed by atoms with E-state index >= 15 is 0 Å². The van der Waals surface area contributed by atoms with Crippen LogP contribution in [0.4, 0.5) is 14.9 Å². The van der Waals surface area contributed by atoms with Crippen molar-refractivity contribution in [1.29, 1.82) is 0 Å². The van der Waals surface area contributed by atoms with Crippen molar-refractivity contribution in [2.45, 2.75) is 46.6 Å². The molecule has 0 saturated carbocycles. The lowest BCUT2D eigenvalue weighted by atomic mass is 9.91. The van der Waals surface area contributed by atoms with Gasteiger partial charge >= 0.3 is 6.03 Å². The first-order chi connectivity index (χ1) is 13.2. The van der Waals surface area contributed by atoms with Crippen LogP contribution in [-0.2, 0) is 9.59 Å². The molecule has 2 aliphatic heterocycles. The summed E-state index contributed by atoms with van der Waals surface area (Å²) in [6, 6.07) is 4.19. The number of hydrogen-bond acceptors (Lipinski definition) is 3. The van der Waals surface area contributed by atoms with Crippen LogP contribution >= 0.6 is 0 Å². The molecule has 1 aromatic carbocycles. The van der Waals surface area contributed by atoms with Gasteiger partial charge in [0.05, 0.1) is 12.2 Å². The number of urea groups is 1. The van der Waals surface area contributed by atoms with E-state index in [0.717, 1.165) is 17.7 Å². The Labute approximate surface area is 165 Å². The molecule has 0 bridgehead atoms. The van der Waals surface area contributed by atoms with Crippen molar-refractivity contribution in [1.82, 2.24) is 9.80 Å². The first kappa shape index (κ1) is 20.3. The van der Waals surface area contributed by atoms with Gasteiger partial charge in [0.25, 0.3) is 5.91 Å². The molecule has 3 rings (SSSR count). The molecule has 2 heterocycles. The lowest BCUT2D eigenvalue weighted by molar-refractivity contribution is -0.137. The highest BCUT2D eigenvalue weighted by atomic mass is 19.1. The Kier molecular flexibility index (Phi) is 5.46. The van der Waals surface area contributed by atoms with Crippen LogP contribution in [0, 0.1) is 17.2 Å². The molecule has 0 aromatic heterocycles. The average Bonchev–Trinajstić information content (AvgIpc) is 2.78. The number of carbonyl (C=O) groups is 3. The minimum absolute atomic E-state index is 0.0420. The molecule has 28 heavy (non-hydrogen) atoms. The number of rotatable bonds is 4. The third kappa shape index (κ3) is 3.62. The lowest BCUT2D eigenvalue weighted by Gasteiger charge is -2.32. The maximum absolute atomic E-state index is 13.3. The molecule has 1 atom stereocenters. The van der Waals surface area contributed by atoms with E-state index < -0.39 is 17.9 Å². The van der Waals surface area contributed by atoms with E-state index in [1.165, 1.54) is 24.3 Å². The summed E-state index contributed by atoms with van der Waals surface area (Å²) >= 11 is 0. The topological polar surface area (TPSA) is 60.9 Å². The predicted octanol–water partition coefficient (Wildman–Crippen LogP) is 3.27. The fraction of sp³-hybridized carbons (Fsp3) is 0.571. The maximum Gasteiger partial charge on any atom is 0.332 e. The molecule has 0 N–H and O–H groups in total. The van der Waals surface area contributed by atoms with Gasteiger partial charge in [0.1, 0.15) is 11.9 Å². The van der Waals surface area contributed by atoms with Crippen molar-refractivity contribution in [2.24, 2.45) is 11.3 Å². The number of hydrogen-bond donors (Lipinski definition) is 0. The molecule has 7 heteroatoms. The number of fused-ring (bicyclic) bond motifs is 1. The van der Waals surface area contributed by atoms with E-state index in [0.29, 0.717) is 18.8 Å². The Morgan fingerprint density at radius 3 is 2.32 bits per heavy atom. The molecule has 0 radical (unpaired) electrons. The van der Waals surface area contributed by atoms with Gasteiger partial charge in [-0.2, -0.15) is 0 Å². The molecule has 1 unspecified atom stereocenters. The second-order valence-corrected chi connectivity index (χ2v) is 8.47. The van der Waals surface area contributed by atoms with Crippen LogP contribution in [0.2, 0.25) is 0 Å². The van der Waals surface area contributed by atoms with E-state index in [4.69, 9.17) is 0 Å². The molecule has 2 aliphatic rings. The van der Waals surface area contributed by atoms with E-state index in [2.05, 4.69) is 0 Å². The zero-order valence-electron chi connectivity index (χ0n) is 16.9. The van der Waals surface area contributed by atoms with Gasteiger partial charge in [0, 0.05) is 24.4 Å². The standard InChI is InChI=1S/C21H28FN3O3/c1-5-14(6-2)18(26)23-11-17-19(27)25(16-9-7-15(22)8-10-16)20(28)24(17)13-21(3,4)12-23/h7-10,14,17H,5-6,11-13H2,1-4H3. The van der Waals surface area contributed by atoms with Crippen molar-refractivity contribution in [3.63, 3.8) is 0 Å². The van der Waals surface area contributed by atoms with Crippen LogP contribution in [0.15, 0.2) is 24.3 Å². The molecule has 2 saturated heterocycles. The second kappa shape index (κ2) is 7.53. The molecule has 1 aromatic rings. The summed E-state index contributed by atoms with van der Waals surface area (Å²) in [7, 11) is 0. The van der Waals surface area contributed by atoms with Crippen LogP contribution < -0.4 is 4.90 Å². The molecular formula is C21H28FN3O3. The van der Waals surface area contributed by atoms with Gasteiger partial charge in [0.2, 0.25) is 5.91 Å². The van der Waals surface area contributed by atoms with Crippen LogP contribution in [0.3, 0.4) is 0 Å². The van der Waals surface area contributed by atoms with Crippen molar-refractivity contribution < 1.29 is 18.8 Å². The number of halogens is 1. The second-order valence-electron chi connectivity index (χ2n) is 8.47. The van der Waals surface area contributed by atoms with Gasteiger partial charge < -0.3 is 9.80 Å². The number of anilines is 1. The van der Waals surface area contributed by atoms with Gasteiger partial charge in [-0.05, 0) is 37.1 Å². The number of nitrogens with zero attached hydrogens (tertiary/aromatic N) is 3. The summed E-state index contributed by atoms with van der Waals surface area (Å²) in [5.41, 5.74) is 0.00529. The fourth-order valence-electron chi connectivity index (χ4n) is 4.19. The first-order valence-corrected chi connectivity index (χ1v) is 9.87. The largest absolute Gasteiger partial charge is 0.339 e. The van der Waals surface area contributed by atoms with E-state index in [-0.39, 0.29) is 29.7 Å². The molecule has 2 fully saturated rings. The van der Waals surface area contributed by atoms with Gasteiger partial charge in [-0.3, -0.25) is 9.59 Å². The Morgan fingerprint density at radius 1 is 1.14 bits per heavy atom. The number of carbonyl (C=O) groups excluding carboxylic acids is 3. The quantitative estimate of drug-likeness (QED) is 0.743. The van der Waals surface area contributed by atoms with Crippen LogP contribution in [0.25, 0.3) is 0 Å². The van der Waals surface area contributed by atoms with Crippen LogP contribution in [-0.4, -0.2) is 53.3 Å². The van der Waals surface area contributed by atoms with E-state index in [9.17, 15) is 18.8 Å². The molecule has 4 amide bonds. The summed E-state index contributed by atoms with van der Waals surface area (Å²) < 4.78 is 13.3. The molecule has 0 spiro atoms. The van der Waals surface area contributed by atoms with Crippen molar-refractivity contribution >= 4 is 23.5 Å². The average molecular weight is 389 g/mol. The van der Waals surface area contributed by atoms with Gasteiger partial charge in [0.15, 0.2) is 0 Å². The normalized spacial score (nSPS) is 21.9. The number of imide groups is 1. The zero-order valence-corrected chi connectivity index (χ0v) is 16.9. The maximum atomic E-state index is 13.3. The minimum Gasteiger partial charge on any atom is -0.339 e. The van der Waals surface area contributed by atoms with Gasteiger partial charge in [-0.25, -0.2) is 14.1 Å². The minimum atomic E-state index is -0.711. The van der Waals surface area contributed by atoms with E-state index in [1.807, 2.05) is 27.7 Å². The Hall–Kier alpha value is -2.44. The first-order valence-electron chi connectivity index (χ1n) is 9.87. The summed E-state index contributed by atoms with van der Waals surface area (Å²) in [5, 5.41) is 0. The Bertz CT molecular complexity index is 774. The number of benzene rings is 1. The molecule has 152 valence electrons. The molecular weight excluding hydrogens is 361 g/mol. The highest BCUT2D eigenvalue weighted by Gasteiger charge is 2.51. The monoisotopic (exact) mass is 389 g/mol. The number of amides is 4. The van der Waals surface area contributed by atoms with Gasteiger partial charge in [-0.15, -0.1) is 0 Å². The van der Waals surface area contributed by atoms with Crippen molar-refractivity contribution in [3.05, 3.63) is 30.1 Å². The highest BCUT2D eigenvalue weighted by Crippen LogP contribution is 2.33. The SMILES string of the molecule is CCC(CC)C(=O)N1CC2C(=O)N(c3ccc(F)cc3)C(=O)N2CC(C)(C)C1. The van der Waals surface area contributed by atoms with E-state index in [1.54, 1.807) is 9.80 Å². The lowest BCUT2D eigenvalue weighted by Crippen LogP contribution is -2.46. The van der Waals surface area contributed by atoms with Crippen molar-refractivity contribution in [2.75, 3.05) is 24.5 Å². The Balaban J connectivity index is 1.93. The highest BCUT2D eigenvalue weighted by molar-refractivity contribution is 6.21. The Morgan fingerprint density at radius 2 is 1.75 bits per heavy atom. The summed E-state index contributed by atoms with van der Waals surface area (Å²) in [5.74, 6) is -0.833. The third-order valence-corrected chi connectivity index (χ3v) is 5.66. The summed E-state index contributed by atoms with van der Waals surface area (Å²) in [6.07, 6.45) is 1.49. The van der Waals surface area contributed by atoms with Gasteiger partial charge in [-0.1, -0.05) is 27.7 Å². The zero-order chi connectivity index (χ0) is 20.6. The van der Waals surface area contributed by atoms with Crippen LogP contribution in [0.5, 0.6) is 0 Å². The smallest absolute Gasteiger partial charge is 0.332 e. The fourth-order valence-corrected chi connectivity index (χ4v) is 4.19. The molecule has 6 nitrogen and oxygen atoms in total. The summed E-state index contributed by atoms with van der Waals surface area (Å²) in [4.78, 5) is 43.6. The third-order valence-electron chi connectivity index (χ3n) is 5.66. The van der Waals surface area contributed by atoms with Crippen LogP contribution in [0.1, 0.15) is 40.5 Å². The predicted molar refractivity (Wildman–Crippen MR) is 104 cm³/mol.